The predicted octanol–water partition coefficient (Wildman–Crippen LogP) is 3.01. The van der Waals surface area contributed by atoms with E-state index < -0.39 is 27.8 Å². The Labute approximate surface area is 198 Å². The smallest absolute Gasteiger partial charge is 0.414 e. The summed E-state index contributed by atoms with van der Waals surface area (Å²) in [4.78, 5) is 20.8. The maximum atomic E-state index is 13.1. The number of benzene rings is 2. The lowest BCUT2D eigenvalue weighted by Crippen LogP contribution is -2.52. The van der Waals surface area contributed by atoms with E-state index in [4.69, 9.17) is 19.8 Å². The second kappa shape index (κ2) is 11.5. The summed E-state index contributed by atoms with van der Waals surface area (Å²) < 4.78 is 40.2. The van der Waals surface area contributed by atoms with E-state index in [1.54, 1.807) is 0 Å². The van der Waals surface area contributed by atoms with E-state index in [9.17, 15) is 12.8 Å². The zero-order valence-electron chi connectivity index (χ0n) is 18.7. The first-order valence-corrected chi connectivity index (χ1v) is 12.6. The molecule has 2 aliphatic rings. The molecule has 2 aromatic carbocycles. The Kier molecular flexibility index (Phi) is 8.76. The fraction of sp³-hybridized carbons (Fsp3) is 0.417. The minimum atomic E-state index is -3.54. The molecule has 0 amide bonds. The standard InChI is InChI=1S/C22H27FN2O2S.C2H2O4/c23-20-8-12-22(13-9-20)28(26,27)25-16-14-24(15-17-25)21-10-6-19(7-11-21)18-4-2-1-3-5-18;3-1(4)2(5)6/h1-5,8-9,12-13,19,21H,6-7,10-11,14-17H2;(H,3,4)(H,5,6). The van der Waals surface area contributed by atoms with Crippen LogP contribution in [0, 0.1) is 5.82 Å². The molecule has 0 radical (unpaired) electrons. The van der Waals surface area contributed by atoms with E-state index in [1.807, 2.05) is 0 Å². The number of carboxylic acid groups (broad SMARTS) is 2. The van der Waals surface area contributed by atoms with Gasteiger partial charge in [-0.25, -0.2) is 22.4 Å². The molecule has 1 heterocycles. The van der Waals surface area contributed by atoms with Crippen LogP contribution < -0.4 is 0 Å². The summed E-state index contributed by atoms with van der Waals surface area (Å²) in [6.07, 6.45) is 4.74. The second-order valence-electron chi connectivity index (χ2n) is 8.42. The highest BCUT2D eigenvalue weighted by Gasteiger charge is 2.33. The van der Waals surface area contributed by atoms with Gasteiger partial charge in [-0.2, -0.15) is 4.31 Å². The summed E-state index contributed by atoms with van der Waals surface area (Å²) in [5, 5.41) is 14.8. The van der Waals surface area contributed by atoms with Gasteiger partial charge < -0.3 is 10.2 Å². The minimum absolute atomic E-state index is 0.172. The molecule has 1 saturated carbocycles. The monoisotopic (exact) mass is 492 g/mol. The van der Waals surface area contributed by atoms with Gasteiger partial charge in [-0.1, -0.05) is 30.3 Å². The zero-order valence-corrected chi connectivity index (χ0v) is 19.5. The Balaban J connectivity index is 0.000000481. The Morgan fingerprint density at radius 1 is 0.794 bits per heavy atom. The first kappa shape index (κ1) is 25.8. The Bertz CT molecular complexity index is 1050. The van der Waals surface area contributed by atoms with Gasteiger partial charge in [-0.05, 0) is 61.4 Å². The summed E-state index contributed by atoms with van der Waals surface area (Å²) in [6.45, 7) is 2.53. The van der Waals surface area contributed by atoms with Crippen molar-refractivity contribution in [2.75, 3.05) is 26.2 Å². The molecule has 8 nitrogen and oxygen atoms in total. The van der Waals surface area contributed by atoms with E-state index in [-0.39, 0.29) is 4.90 Å². The summed E-state index contributed by atoms with van der Waals surface area (Å²) in [7, 11) is -3.54. The highest BCUT2D eigenvalue weighted by atomic mass is 32.2. The lowest BCUT2D eigenvalue weighted by atomic mass is 9.81. The minimum Gasteiger partial charge on any atom is -0.473 e. The van der Waals surface area contributed by atoms with Gasteiger partial charge in [0.05, 0.1) is 4.90 Å². The van der Waals surface area contributed by atoms with Crippen molar-refractivity contribution in [1.82, 2.24) is 9.21 Å². The van der Waals surface area contributed by atoms with Crippen LogP contribution in [0.15, 0.2) is 59.5 Å². The van der Waals surface area contributed by atoms with Crippen molar-refractivity contribution in [3.8, 4) is 0 Å². The average Bonchev–Trinajstić information content (AvgIpc) is 2.85. The third-order valence-corrected chi connectivity index (χ3v) is 8.30. The third kappa shape index (κ3) is 6.62. The second-order valence-corrected chi connectivity index (χ2v) is 10.4. The van der Waals surface area contributed by atoms with Gasteiger partial charge in [0.1, 0.15) is 5.82 Å². The van der Waals surface area contributed by atoms with Crippen molar-refractivity contribution in [1.29, 1.82) is 0 Å². The molecule has 184 valence electrons. The first-order valence-electron chi connectivity index (χ1n) is 11.2. The van der Waals surface area contributed by atoms with Crippen LogP contribution in [0.25, 0.3) is 0 Å². The van der Waals surface area contributed by atoms with Crippen LogP contribution in [-0.2, 0) is 19.6 Å². The van der Waals surface area contributed by atoms with Crippen molar-refractivity contribution < 1.29 is 32.6 Å². The number of halogens is 1. The molecular weight excluding hydrogens is 463 g/mol. The molecule has 1 aliphatic carbocycles. The molecule has 10 heteroatoms. The first-order chi connectivity index (χ1) is 16.2. The summed E-state index contributed by atoms with van der Waals surface area (Å²) >= 11 is 0. The van der Waals surface area contributed by atoms with Crippen molar-refractivity contribution in [2.24, 2.45) is 0 Å². The maximum Gasteiger partial charge on any atom is 0.414 e. The summed E-state index contributed by atoms with van der Waals surface area (Å²) in [6, 6.07) is 16.4. The van der Waals surface area contributed by atoms with E-state index in [0.29, 0.717) is 25.0 Å². The normalized spacial score (nSPS) is 21.8. The lowest BCUT2D eigenvalue weighted by molar-refractivity contribution is -0.159. The van der Waals surface area contributed by atoms with E-state index >= 15 is 0 Å². The van der Waals surface area contributed by atoms with Crippen molar-refractivity contribution in [3.63, 3.8) is 0 Å². The predicted molar refractivity (Wildman–Crippen MR) is 123 cm³/mol. The van der Waals surface area contributed by atoms with Crippen molar-refractivity contribution in [2.45, 2.75) is 42.5 Å². The molecular formula is C24H29FN2O6S. The van der Waals surface area contributed by atoms with Gasteiger partial charge >= 0.3 is 11.9 Å². The highest BCUT2D eigenvalue weighted by Crippen LogP contribution is 2.35. The van der Waals surface area contributed by atoms with Gasteiger partial charge in [-0.3, -0.25) is 4.90 Å². The van der Waals surface area contributed by atoms with Crippen LogP contribution in [0.1, 0.15) is 37.2 Å². The quantitative estimate of drug-likeness (QED) is 0.631. The fourth-order valence-corrected chi connectivity index (χ4v) is 5.99. The van der Waals surface area contributed by atoms with Gasteiger partial charge in [-0.15, -0.1) is 0 Å². The third-order valence-electron chi connectivity index (χ3n) is 6.39. The zero-order chi connectivity index (χ0) is 24.7. The molecule has 0 bridgehead atoms. The average molecular weight is 493 g/mol. The molecule has 34 heavy (non-hydrogen) atoms. The SMILES string of the molecule is O=C(O)C(=O)O.O=S(=O)(c1ccc(F)cc1)N1CCN(C2CCC(c3ccccc3)CC2)CC1. The van der Waals surface area contributed by atoms with Crippen LogP contribution in [0.3, 0.4) is 0 Å². The van der Waals surface area contributed by atoms with Crippen LogP contribution >= 0.6 is 0 Å². The maximum absolute atomic E-state index is 13.1. The van der Waals surface area contributed by atoms with E-state index in [0.717, 1.165) is 13.1 Å². The molecule has 2 N–H and O–H groups in total. The Morgan fingerprint density at radius 3 is 1.82 bits per heavy atom. The van der Waals surface area contributed by atoms with Crippen LogP contribution in [0.4, 0.5) is 4.39 Å². The Hall–Kier alpha value is -2.82. The molecule has 2 fully saturated rings. The van der Waals surface area contributed by atoms with Crippen LogP contribution in [0.2, 0.25) is 0 Å². The van der Waals surface area contributed by atoms with Gasteiger partial charge in [0, 0.05) is 32.2 Å². The molecule has 0 atom stereocenters. The highest BCUT2D eigenvalue weighted by molar-refractivity contribution is 7.89. The largest absolute Gasteiger partial charge is 0.473 e. The summed E-state index contributed by atoms with van der Waals surface area (Å²) in [5.41, 5.74) is 1.44. The van der Waals surface area contributed by atoms with E-state index in [2.05, 4.69) is 35.2 Å². The number of hydrogen-bond acceptors (Lipinski definition) is 5. The van der Waals surface area contributed by atoms with Gasteiger partial charge in [0.2, 0.25) is 10.0 Å². The number of nitrogens with zero attached hydrogens (tertiary/aromatic N) is 2. The summed E-state index contributed by atoms with van der Waals surface area (Å²) in [5.74, 6) is -3.42. The number of piperazine rings is 1. The molecule has 2 aromatic rings. The number of aliphatic carboxylic acids is 2. The molecule has 4 rings (SSSR count). The van der Waals surface area contributed by atoms with Crippen LogP contribution in [0.5, 0.6) is 0 Å². The van der Waals surface area contributed by atoms with Crippen LogP contribution in [-0.4, -0.2) is 72.0 Å². The topological polar surface area (TPSA) is 115 Å². The number of hydrogen-bond donors (Lipinski definition) is 2. The lowest BCUT2D eigenvalue weighted by Gasteiger charge is -2.41. The van der Waals surface area contributed by atoms with Crippen molar-refractivity contribution >= 4 is 22.0 Å². The number of rotatable bonds is 4. The van der Waals surface area contributed by atoms with Crippen molar-refractivity contribution in [3.05, 3.63) is 66.0 Å². The molecule has 1 aliphatic heterocycles. The number of carboxylic acids is 2. The molecule has 0 aromatic heterocycles. The Morgan fingerprint density at radius 2 is 1.32 bits per heavy atom. The number of carbonyl (C=O) groups is 2. The molecule has 0 spiro atoms. The van der Waals surface area contributed by atoms with Gasteiger partial charge in [0.25, 0.3) is 0 Å². The molecule has 0 unspecified atom stereocenters. The fourth-order valence-electron chi connectivity index (χ4n) is 4.56. The van der Waals surface area contributed by atoms with Gasteiger partial charge in [0.15, 0.2) is 0 Å². The molecule has 1 saturated heterocycles. The van der Waals surface area contributed by atoms with E-state index in [1.165, 1.54) is 59.8 Å². The number of sulfonamides is 1.